The van der Waals surface area contributed by atoms with Crippen LogP contribution in [0.15, 0.2) is 30.3 Å². The Bertz CT molecular complexity index is 624. The first kappa shape index (κ1) is 15.6. The van der Waals surface area contributed by atoms with Gasteiger partial charge in [0.1, 0.15) is 6.10 Å². The third kappa shape index (κ3) is 3.71. The van der Waals surface area contributed by atoms with Crippen molar-refractivity contribution in [2.45, 2.75) is 19.4 Å². The molecule has 1 atom stereocenters. The number of nitrogens with one attached hydrogen (secondary N) is 1. The lowest BCUT2D eigenvalue weighted by atomic mass is 10.0. The number of hydrogen-bond acceptors (Lipinski definition) is 4. The second-order valence-electron chi connectivity index (χ2n) is 5.65. The standard InChI is InChI=1S/C17H20N2O4/c1-12(20)18-10-16-11-19(17(21)23-16)15-4-2-13(3-5-15)14-6-8-22-9-7-14/h2-6,16H,7-11H2,1H3,(H,18,20)/t16-/m0/s1. The fraction of sp³-hybridized carbons (Fsp3) is 0.412. The molecule has 2 aliphatic rings. The number of anilines is 1. The first-order chi connectivity index (χ1) is 11.1. The van der Waals surface area contributed by atoms with Gasteiger partial charge in [-0.1, -0.05) is 18.2 Å². The molecule has 0 unspecified atom stereocenters. The number of carbonyl (C=O) groups is 2. The van der Waals surface area contributed by atoms with Gasteiger partial charge in [-0.3, -0.25) is 9.69 Å². The summed E-state index contributed by atoms with van der Waals surface area (Å²) >= 11 is 0. The van der Waals surface area contributed by atoms with E-state index in [1.165, 1.54) is 12.5 Å². The molecule has 1 aromatic carbocycles. The Morgan fingerprint density at radius 2 is 2.13 bits per heavy atom. The van der Waals surface area contributed by atoms with Crippen LogP contribution in [0.5, 0.6) is 0 Å². The summed E-state index contributed by atoms with van der Waals surface area (Å²) in [6.45, 7) is 3.62. The van der Waals surface area contributed by atoms with Crippen LogP contribution in [0.25, 0.3) is 5.57 Å². The first-order valence-corrected chi connectivity index (χ1v) is 7.73. The number of benzene rings is 1. The van der Waals surface area contributed by atoms with Crippen LogP contribution in [0.1, 0.15) is 18.9 Å². The molecular weight excluding hydrogens is 296 g/mol. The minimum Gasteiger partial charge on any atom is -0.442 e. The molecule has 1 saturated heterocycles. The number of cyclic esters (lactones) is 1. The highest BCUT2D eigenvalue weighted by atomic mass is 16.6. The van der Waals surface area contributed by atoms with E-state index in [4.69, 9.17) is 9.47 Å². The zero-order valence-electron chi connectivity index (χ0n) is 13.1. The molecule has 2 heterocycles. The van der Waals surface area contributed by atoms with Gasteiger partial charge in [0.2, 0.25) is 5.91 Å². The largest absolute Gasteiger partial charge is 0.442 e. The molecule has 3 rings (SSSR count). The molecule has 1 fully saturated rings. The zero-order chi connectivity index (χ0) is 16.2. The van der Waals surface area contributed by atoms with Gasteiger partial charge >= 0.3 is 6.09 Å². The van der Waals surface area contributed by atoms with E-state index in [0.717, 1.165) is 24.3 Å². The third-order valence-corrected chi connectivity index (χ3v) is 3.97. The lowest BCUT2D eigenvalue weighted by Gasteiger charge is -2.16. The van der Waals surface area contributed by atoms with Crippen LogP contribution in [0.2, 0.25) is 0 Å². The quantitative estimate of drug-likeness (QED) is 0.922. The number of hydrogen-bond donors (Lipinski definition) is 1. The van der Waals surface area contributed by atoms with E-state index in [9.17, 15) is 9.59 Å². The summed E-state index contributed by atoms with van der Waals surface area (Å²) < 4.78 is 10.6. The molecular formula is C17H20N2O4. The molecule has 0 bridgehead atoms. The summed E-state index contributed by atoms with van der Waals surface area (Å²) in [6.07, 6.45) is 2.30. The first-order valence-electron chi connectivity index (χ1n) is 7.73. The van der Waals surface area contributed by atoms with E-state index in [1.54, 1.807) is 4.90 Å². The maximum atomic E-state index is 12.0. The van der Waals surface area contributed by atoms with Crippen molar-refractivity contribution >= 4 is 23.3 Å². The zero-order valence-corrected chi connectivity index (χ0v) is 13.1. The average molecular weight is 316 g/mol. The van der Waals surface area contributed by atoms with Crippen molar-refractivity contribution in [3.8, 4) is 0 Å². The second-order valence-corrected chi connectivity index (χ2v) is 5.65. The lowest BCUT2D eigenvalue weighted by Crippen LogP contribution is -2.33. The number of nitrogens with zero attached hydrogens (tertiary/aromatic N) is 1. The number of rotatable bonds is 4. The van der Waals surface area contributed by atoms with Crippen LogP contribution in [0.3, 0.4) is 0 Å². The maximum Gasteiger partial charge on any atom is 0.414 e. The highest BCUT2D eigenvalue weighted by Crippen LogP contribution is 2.26. The van der Waals surface area contributed by atoms with Gasteiger partial charge in [0.25, 0.3) is 0 Å². The molecule has 1 N–H and O–H groups in total. The molecule has 0 saturated carbocycles. The monoisotopic (exact) mass is 316 g/mol. The summed E-state index contributed by atoms with van der Waals surface area (Å²) in [5.41, 5.74) is 3.23. The molecule has 122 valence electrons. The highest BCUT2D eigenvalue weighted by Gasteiger charge is 2.32. The van der Waals surface area contributed by atoms with Gasteiger partial charge in [-0.15, -0.1) is 0 Å². The van der Waals surface area contributed by atoms with Gasteiger partial charge < -0.3 is 14.8 Å². The molecule has 0 radical (unpaired) electrons. The summed E-state index contributed by atoms with van der Waals surface area (Å²) in [6, 6.07) is 7.88. The fourth-order valence-corrected chi connectivity index (χ4v) is 2.74. The van der Waals surface area contributed by atoms with Crippen molar-refractivity contribution in [1.29, 1.82) is 0 Å². The van der Waals surface area contributed by atoms with Gasteiger partial charge in [-0.05, 0) is 29.7 Å². The number of amides is 2. The smallest absolute Gasteiger partial charge is 0.414 e. The van der Waals surface area contributed by atoms with Crippen LogP contribution in [-0.2, 0) is 14.3 Å². The summed E-state index contributed by atoms with van der Waals surface area (Å²) in [7, 11) is 0. The predicted molar refractivity (Wildman–Crippen MR) is 86.2 cm³/mol. The maximum absolute atomic E-state index is 12.0. The Balaban J connectivity index is 1.66. The van der Waals surface area contributed by atoms with Gasteiger partial charge in [0, 0.05) is 12.6 Å². The Kier molecular flexibility index (Phi) is 4.62. The van der Waals surface area contributed by atoms with Gasteiger partial charge in [-0.25, -0.2) is 4.79 Å². The molecule has 0 spiro atoms. The van der Waals surface area contributed by atoms with Crippen molar-refractivity contribution in [2.75, 3.05) is 31.2 Å². The molecule has 0 aromatic heterocycles. The molecule has 0 aliphatic carbocycles. The van der Waals surface area contributed by atoms with Crippen LogP contribution in [0, 0.1) is 0 Å². The van der Waals surface area contributed by atoms with Crippen molar-refractivity contribution in [1.82, 2.24) is 5.32 Å². The second kappa shape index (κ2) is 6.83. The topological polar surface area (TPSA) is 67.9 Å². The molecule has 1 aromatic rings. The Morgan fingerprint density at radius 3 is 2.78 bits per heavy atom. The van der Waals surface area contributed by atoms with Crippen LogP contribution in [-0.4, -0.2) is 44.4 Å². The van der Waals surface area contributed by atoms with Crippen molar-refractivity contribution in [2.24, 2.45) is 0 Å². The summed E-state index contributed by atoms with van der Waals surface area (Å²) in [5.74, 6) is -0.131. The summed E-state index contributed by atoms with van der Waals surface area (Å²) in [4.78, 5) is 24.5. The average Bonchev–Trinajstić information content (AvgIpc) is 2.95. The van der Waals surface area contributed by atoms with Crippen molar-refractivity contribution < 1.29 is 19.1 Å². The molecule has 2 amide bonds. The third-order valence-electron chi connectivity index (χ3n) is 3.97. The SMILES string of the molecule is CC(=O)NC[C@H]1CN(c2ccc(C3=CCOCC3)cc2)C(=O)O1. The van der Waals surface area contributed by atoms with E-state index in [-0.39, 0.29) is 18.1 Å². The molecule has 23 heavy (non-hydrogen) atoms. The van der Waals surface area contributed by atoms with E-state index >= 15 is 0 Å². The van der Waals surface area contributed by atoms with Crippen LogP contribution in [0.4, 0.5) is 10.5 Å². The van der Waals surface area contributed by atoms with Crippen LogP contribution >= 0.6 is 0 Å². The molecule has 6 nitrogen and oxygen atoms in total. The fourth-order valence-electron chi connectivity index (χ4n) is 2.74. The normalized spacial score (nSPS) is 20.9. The minimum atomic E-state index is -0.376. The van der Waals surface area contributed by atoms with E-state index in [0.29, 0.717) is 19.7 Å². The van der Waals surface area contributed by atoms with Gasteiger partial charge in [0.15, 0.2) is 0 Å². The Hall–Kier alpha value is -2.34. The van der Waals surface area contributed by atoms with E-state index in [2.05, 4.69) is 11.4 Å². The van der Waals surface area contributed by atoms with Gasteiger partial charge in [0.05, 0.1) is 26.3 Å². The predicted octanol–water partition coefficient (Wildman–Crippen LogP) is 1.95. The highest BCUT2D eigenvalue weighted by molar-refractivity contribution is 5.90. The van der Waals surface area contributed by atoms with E-state index < -0.39 is 0 Å². The molecule has 6 heteroatoms. The van der Waals surface area contributed by atoms with Crippen LogP contribution < -0.4 is 10.2 Å². The van der Waals surface area contributed by atoms with Crippen molar-refractivity contribution in [3.63, 3.8) is 0 Å². The van der Waals surface area contributed by atoms with Gasteiger partial charge in [-0.2, -0.15) is 0 Å². The minimum absolute atomic E-state index is 0.131. The lowest BCUT2D eigenvalue weighted by molar-refractivity contribution is -0.119. The number of carbonyl (C=O) groups excluding carboxylic acids is 2. The summed E-state index contributed by atoms with van der Waals surface area (Å²) in [5, 5.41) is 2.67. The van der Waals surface area contributed by atoms with Crippen molar-refractivity contribution in [3.05, 3.63) is 35.9 Å². The van der Waals surface area contributed by atoms with E-state index in [1.807, 2.05) is 24.3 Å². The Morgan fingerprint density at radius 1 is 1.35 bits per heavy atom. The Labute approximate surface area is 135 Å². The molecule has 2 aliphatic heterocycles. The number of ether oxygens (including phenoxy) is 2.